The van der Waals surface area contributed by atoms with E-state index in [-0.39, 0.29) is 11.8 Å². The van der Waals surface area contributed by atoms with Crippen molar-refractivity contribution in [2.75, 3.05) is 11.8 Å². The lowest BCUT2D eigenvalue weighted by atomic mass is 10.0. The molecule has 0 atom stereocenters. The quantitative estimate of drug-likeness (QED) is 0.820. The summed E-state index contributed by atoms with van der Waals surface area (Å²) in [4.78, 5) is 12.0. The molecule has 18 heavy (non-hydrogen) atoms. The van der Waals surface area contributed by atoms with Crippen molar-refractivity contribution in [3.8, 4) is 5.75 Å². The van der Waals surface area contributed by atoms with Gasteiger partial charge in [0, 0.05) is 11.8 Å². The third-order valence-electron chi connectivity index (χ3n) is 2.79. The molecule has 6 heteroatoms. The standard InChI is InChI=1S/C12H14Cl2FNO2/c1-2-12(6-13,7-14)16-11(18)10-8(15)4-3-5-9(10)17/h3-5,17H,2,6-7H2,1H3,(H,16,18). The molecule has 0 saturated heterocycles. The molecule has 0 bridgehead atoms. The molecule has 0 heterocycles. The lowest BCUT2D eigenvalue weighted by Gasteiger charge is -2.29. The van der Waals surface area contributed by atoms with Crippen molar-refractivity contribution >= 4 is 29.1 Å². The van der Waals surface area contributed by atoms with E-state index >= 15 is 0 Å². The Hall–Kier alpha value is -1.00. The summed E-state index contributed by atoms with van der Waals surface area (Å²) in [5, 5.41) is 12.1. The third-order valence-corrected chi connectivity index (χ3v) is 3.81. The van der Waals surface area contributed by atoms with E-state index in [4.69, 9.17) is 23.2 Å². The Morgan fingerprint density at radius 1 is 1.44 bits per heavy atom. The first-order valence-corrected chi connectivity index (χ1v) is 6.48. The second kappa shape index (κ2) is 6.25. The van der Waals surface area contributed by atoms with Gasteiger partial charge >= 0.3 is 0 Å². The van der Waals surface area contributed by atoms with Crippen molar-refractivity contribution in [3.63, 3.8) is 0 Å². The van der Waals surface area contributed by atoms with Gasteiger partial charge in [-0.25, -0.2) is 4.39 Å². The summed E-state index contributed by atoms with van der Waals surface area (Å²) < 4.78 is 13.5. The number of aromatic hydroxyl groups is 1. The van der Waals surface area contributed by atoms with Crippen LogP contribution >= 0.6 is 23.2 Å². The molecule has 2 N–H and O–H groups in total. The van der Waals surface area contributed by atoms with Gasteiger partial charge in [-0.3, -0.25) is 4.79 Å². The highest BCUT2D eigenvalue weighted by Crippen LogP contribution is 2.22. The summed E-state index contributed by atoms with van der Waals surface area (Å²) in [7, 11) is 0. The van der Waals surface area contributed by atoms with Crippen LogP contribution in [0, 0.1) is 5.82 Å². The van der Waals surface area contributed by atoms with Crippen LogP contribution in [0.15, 0.2) is 18.2 Å². The SMILES string of the molecule is CCC(CCl)(CCl)NC(=O)c1c(O)cccc1F. The van der Waals surface area contributed by atoms with Gasteiger partial charge in [0.25, 0.3) is 5.91 Å². The second-order valence-electron chi connectivity index (χ2n) is 3.99. The van der Waals surface area contributed by atoms with E-state index in [1.807, 2.05) is 6.92 Å². The van der Waals surface area contributed by atoms with Gasteiger partial charge in [0.1, 0.15) is 17.1 Å². The molecule has 0 spiro atoms. The van der Waals surface area contributed by atoms with Crippen molar-refractivity contribution < 1.29 is 14.3 Å². The molecule has 0 aromatic heterocycles. The zero-order valence-corrected chi connectivity index (χ0v) is 11.4. The molecule has 0 fully saturated rings. The molecule has 0 saturated carbocycles. The van der Waals surface area contributed by atoms with E-state index in [2.05, 4.69) is 5.32 Å². The molecule has 1 amide bonds. The Morgan fingerprint density at radius 3 is 2.50 bits per heavy atom. The smallest absolute Gasteiger partial charge is 0.258 e. The van der Waals surface area contributed by atoms with Gasteiger partial charge in [-0.15, -0.1) is 23.2 Å². The van der Waals surface area contributed by atoms with Crippen molar-refractivity contribution in [2.45, 2.75) is 18.9 Å². The fourth-order valence-electron chi connectivity index (χ4n) is 1.42. The van der Waals surface area contributed by atoms with E-state index < -0.39 is 28.6 Å². The average Bonchev–Trinajstić information content (AvgIpc) is 2.36. The van der Waals surface area contributed by atoms with E-state index in [9.17, 15) is 14.3 Å². The second-order valence-corrected chi connectivity index (χ2v) is 4.52. The maximum atomic E-state index is 13.5. The number of amides is 1. The van der Waals surface area contributed by atoms with Gasteiger partial charge in [0.05, 0.1) is 5.54 Å². The minimum atomic E-state index is -0.811. The van der Waals surface area contributed by atoms with Crippen LogP contribution in [0.4, 0.5) is 4.39 Å². The Labute approximate surface area is 115 Å². The molecule has 1 aromatic carbocycles. The Balaban J connectivity index is 3.02. The summed E-state index contributed by atoms with van der Waals surface area (Å²) in [6, 6.07) is 3.66. The first-order valence-electron chi connectivity index (χ1n) is 5.41. The summed E-state index contributed by atoms with van der Waals surface area (Å²) in [5.41, 5.74) is -1.21. The lowest BCUT2D eigenvalue weighted by molar-refractivity contribution is 0.0906. The number of benzene rings is 1. The first-order chi connectivity index (χ1) is 8.49. The predicted octanol–water partition coefficient (Wildman–Crippen LogP) is 2.89. The van der Waals surface area contributed by atoms with Crippen molar-refractivity contribution in [2.24, 2.45) is 0 Å². The number of hydrogen-bond acceptors (Lipinski definition) is 2. The highest BCUT2D eigenvalue weighted by molar-refractivity contribution is 6.22. The van der Waals surface area contributed by atoms with E-state index in [0.717, 1.165) is 6.07 Å². The number of carbonyl (C=O) groups is 1. The normalized spacial score (nSPS) is 11.3. The van der Waals surface area contributed by atoms with Crippen LogP contribution in [0.25, 0.3) is 0 Å². The maximum Gasteiger partial charge on any atom is 0.258 e. The predicted molar refractivity (Wildman–Crippen MR) is 70.0 cm³/mol. The molecule has 0 aliphatic carbocycles. The number of carbonyl (C=O) groups excluding carboxylic acids is 1. The van der Waals surface area contributed by atoms with Gasteiger partial charge in [-0.2, -0.15) is 0 Å². The Morgan fingerprint density at radius 2 is 2.06 bits per heavy atom. The molecule has 0 aliphatic heterocycles. The first kappa shape index (κ1) is 15.1. The molecule has 1 rings (SSSR count). The number of phenolic OH excluding ortho intramolecular Hbond substituents is 1. The summed E-state index contributed by atoms with van der Waals surface area (Å²) in [5.74, 6) is -1.72. The number of rotatable bonds is 5. The van der Waals surface area contributed by atoms with Crippen molar-refractivity contribution in [1.82, 2.24) is 5.32 Å². The molecule has 3 nitrogen and oxygen atoms in total. The summed E-state index contributed by atoms with van der Waals surface area (Å²) in [6.07, 6.45) is 0.501. The van der Waals surface area contributed by atoms with Crippen LogP contribution in [0.2, 0.25) is 0 Å². The van der Waals surface area contributed by atoms with Gasteiger partial charge < -0.3 is 10.4 Å². The molecular formula is C12H14Cl2FNO2. The zero-order valence-electron chi connectivity index (χ0n) is 9.84. The summed E-state index contributed by atoms with van der Waals surface area (Å²) in [6.45, 7) is 1.81. The van der Waals surface area contributed by atoms with Gasteiger partial charge in [-0.05, 0) is 18.6 Å². The number of nitrogens with one attached hydrogen (secondary N) is 1. The average molecular weight is 294 g/mol. The van der Waals surface area contributed by atoms with Crippen LogP contribution in [-0.2, 0) is 0 Å². The number of hydrogen-bond donors (Lipinski definition) is 2. The Bertz CT molecular complexity index is 408. The molecule has 1 aromatic rings. The monoisotopic (exact) mass is 293 g/mol. The Kier molecular flexibility index (Phi) is 5.23. The fourth-order valence-corrected chi connectivity index (χ4v) is 2.22. The van der Waals surface area contributed by atoms with Crippen LogP contribution in [0.5, 0.6) is 5.75 Å². The van der Waals surface area contributed by atoms with Gasteiger partial charge in [0.15, 0.2) is 0 Å². The molecule has 0 aliphatic rings. The van der Waals surface area contributed by atoms with Gasteiger partial charge in [-0.1, -0.05) is 13.0 Å². The van der Waals surface area contributed by atoms with Gasteiger partial charge in [0.2, 0.25) is 0 Å². The molecule has 0 unspecified atom stereocenters. The maximum absolute atomic E-state index is 13.5. The largest absolute Gasteiger partial charge is 0.507 e. The topological polar surface area (TPSA) is 49.3 Å². The zero-order chi connectivity index (χ0) is 13.8. The minimum Gasteiger partial charge on any atom is -0.507 e. The third kappa shape index (κ3) is 3.06. The minimum absolute atomic E-state index is 0.105. The van der Waals surface area contributed by atoms with Crippen LogP contribution in [0.1, 0.15) is 23.7 Å². The van der Waals surface area contributed by atoms with Crippen LogP contribution in [-0.4, -0.2) is 28.3 Å². The van der Waals surface area contributed by atoms with Crippen LogP contribution < -0.4 is 5.32 Å². The highest BCUT2D eigenvalue weighted by Gasteiger charge is 2.30. The molecule has 100 valence electrons. The van der Waals surface area contributed by atoms with E-state index in [1.54, 1.807) is 0 Å². The van der Waals surface area contributed by atoms with E-state index in [0.29, 0.717) is 6.42 Å². The molecular weight excluding hydrogens is 280 g/mol. The fraction of sp³-hybridized carbons (Fsp3) is 0.417. The molecule has 0 radical (unpaired) electrons. The number of alkyl halides is 2. The number of phenols is 1. The highest BCUT2D eigenvalue weighted by atomic mass is 35.5. The van der Waals surface area contributed by atoms with Crippen molar-refractivity contribution in [1.29, 1.82) is 0 Å². The lowest BCUT2D eigenvalue weighted by Crippen LogP contribution is -2.51. The van der Waals surface area contributed by atoms with E-state index in [1.165, 1.54) is 12.1 Å². The summed E-state index contributed by atoms with van der Waals surface area (Å²) >= 11 is 11.6. The number of halogens is 3. The van der Waals surface area contributed by atoms with Crippen molar-refractivity contribution in [3.05, 3.63) is 29.6 Å². The van der Waals surface area contributed by atoms with Crippen LogP contribution in [0.3, 0.4) is 0 Å².